The van der Waals surface area contributed by atoms with Crippen molar-refractivity contribution in [2.24, 2.45) is 5.73 Å². The number of aryl methyl sites for hydroxylation is 1. The van der Waals surface area contributed by atoms with Crippen LogP contribution in [0, 0.1) is 12.7 Å². The van der Waals surface area contributed by atoms with E-state index in [1.54, 1.807) is 12.1 Å². The molecule has 2 nitrogen and oxygen atoms in total. The van der Waals surface area contributed by atoms with E-state index in [-0.39, 0.29) is 10.7 Å². The predicted octanol–water partition coefficient (Wildman–Crippen LogP) is 4.68. The van der Waals surface area contributed by atoms with Crippen molar-refractivity contribution in [2.45, 2.75) is 26.7 Å². The molecule has 0 atom stereocenters. The Hall–Kier alpha value is -1.94. The van der Waals surface area contributed by atoms with E-state index >= 15 is 0 Å². The lowest BCUT2D eigenvalue weighted by Gasteiger charge is -2.13. The molecule has 2 aromatic carbocycles. The molecule has 2 aromatic rings. The van der Waals surface area contributed by atoms with Crippen molar-refractivity contribution >= 4 is 17.2 Å². The SMILES string of the molecule is Cc1ccc(C(C)C)cc1Oc1ccc(C(N)=S)cc1F. The van der Waals surface area contributed by atoms with Gasteiger partial charge in [0.2, 0.25) is 0 Å². The fourth-order valence-electron chi connectivity index (χ4n) is 1.94. The molecule has 0 spiro atoms. The number of halogens is 1. The average Bonchev–Trinajstić information content (AvgIpc) is 2.42. The second-order valence-corrected chi connectivity index (χ2v) is 5.73. The van der Waals surface area contributed by atoms with Crippen molar-refractivity contribution in [1.82, 2.24) is 0 Å². The zero-order chi connectivity index (χ0) is 15.6. The summed E-state index contributed by atoms with van der Waals surface area (Å²) >= 11 is 4.83. The first-order valence-electron chi connectivity index (χ1n) is 6.76. The molecule has 0 aliphatic heterocycles. The molecule has 0 amide bonds. The number of hydrogen-bond acceptors (Lipinski definition) is 2. The van der Waals surface area contributed by atoms with E-state index in [0.29, 0.717) is 17.2 Å². The number of thiocarbonyl (C=S) groups is 1. The minimum Gasteiger partial charge on any atom is -0.454 e. The molecule has 110 valence electrons. The lowest BCUT2D eigenvalue weighted by molar-refractivity contribution is 0.439. The van der Waals surface area contributed by atoms with E-state index in [2.05, 4.69) is 19.9 Å². The van der Waals surface area contributed by atoms with Gasteiger partial charge in [-0.2, -0.15) is 0 Å². The van der Waals surface area contributed by atoms with Crippen molar-refractivity contribution in [3.63, 3.8) is 0 Å². The maximum absolute atomic E-state index is 14.0. The van der Waals surface area contributed by atoms with Gasteiger partial charge in [-0.25, -0.2) is 4.39 Å². The molecular weight excluding hydrogens is 285 g/mol. The number of ether oxygens (including phenoxy) is 1. The highest BCUT2D eigenvalue weighted by molar-refractivity contribution is 7.80. The predicted molar refractivity (Wildman–Crippen MR) is 87.6 cm³/mol. The van der Waals surface area contributed by atoms with Gasteiger partial charge in [-0.05, 0) is 48.2 Å². The summed E-state index contributed by atoms with van der Waals surface area (Å²) in [6, 6.07) is 10.5. The van der Waals surface area contributed by atoms with Gasteiger partial charge in [-0.1, -0.05) is 38.2 Å². The zero-order valence-corrected chi connectivity index (χ0v) is 13.1. The van der Waals surface area contributed by atoms with Gasteiger partial charge in [-0.3, -0.25) is 0 Å². The Bertz CT molecular complexity index is 682. The minimum atomic E-state index is -0.477. The maximum atomic E-state index is 14.0. The minimum absolute atomic E-state index is 0.165. The fourth-order valence-corrected chi connectivity index (χ4v) is 2.07. The summed E-state index contributed by atoms with van der Waals surface area (Å²) in [6.45, 7) is 6.14. The topological polar surface area (TPSA) is 35.2 Å². The van der Waals surface area contributed by atoms with E-state index in [9.17, 15) is 4.39 Å². The van der Waals surface area contributed by atoms with E-state index in [4.69, 9.17) is 22.7 Å². The molecule has 2 N–H and O–H groups in total. The Morgan fingerprint density at radius 3 is 2.43 bits per heavy atom. The molecule has 0 aromatic heterocycles. The Morgan fingerprint density at radius 2 is 1.86 bits per heavy atom. The first-order chi connectivity index (χ1) is 9.88. The van der Waals surface area contributed by atoms with Gasteiger partial charge in [0.1, 0.15) is 10.7 Å². The third-order valence-corrected chi connectivity index (χ3v) is 3.55. The monoisotopic (exact) mass is 303 g/mol. The summed E-state index contributed by atoms with van der Waals surface area (Å²) in [6.07, 6.45) is 0. The summed E-state index contributed by atoms with van der Waals surface area (Å²) in [4.78, 5) is 0.165. The Labute approximate surface area is 129 Å². The molecule has 21 heavy (non-hydrogen) atoms. The third-order valence-electron chi connectivity index (χ3n) is 3.32. The number of benzene rings is 2. The van der Waals surface area contributed by atoms with E-state index in [1.165, 1.54) is 6.07 Å². The number of nitrogens with two attached hydrogens (primary N) is 1. The van der Waals surface area contributed by atoms with Crippen LogP contribution in [0.2, 0.25) is 0 Å². The van der Waals surface area contributed by atoms with Crippen LogP contribution in [0.3, 0.4) is 0 Å². The van der Waals surface area contributed by atoms with Crippen LogP contribution in [0.25, 0.3) is 0 Å². The molecule has 0 heterocycles. The van der Waals surface area contributed by atoms with Crippen LogP contribution in [-0.2, 0) is 0 Å². The summed E-state index contributed by atoms with van der Waals surface area (Å²) in [5.41, 5.74) is 8.08. The van der Waals surface area contributed by atoms with Crippen molar-refractivity contribution in [2.75, 3.05) is 0 Å². The van der Waals surface area contributed by atoms with Gasteiger partial charge in [0.05, 0.1) is 0 Å². The molecule has 0 unspecified atom stereocenters. The highest BCUT2D eigenvalue weighted by Gasteiger charge is 2.10. The van der Waals surface area contributed by atoms with Crippen LogP contribution >= 0.6 is 12.2 Å². The van der Waals surface area contributed by atoms with Gasteiger partial charge in [0.15, 0.2) is 11.6 Å². The zero-order valence-electron chi connectivity index (χ0n) is 12.3. The molecule has 0 saturated carbocycles. The highest BCUT2D eigenvalue weighted by Crippen LogP contribution is 2.30. The van der Waals surface area contributed by atoms with Crippen LogP contribution in [0.1, 0.15) is 36.5 Å². The fraction of sp³-hybridized carbons (Fsp3) is 0.235. The van der Waals surface area contributed by atoms with E-state index in [0.717, 1.165) is 11.1 Å². The molecular formula is C17H18FNOS. The third kappa shape index (κ3) is 3.58. The Kier molecular flexibility index (Phi) is 4.58. The molecule has 0 aliphatic rings. The number of rotatable bonds is 4. The molecule has 0 saturated heterocycles. The van der Waals surface area contributed by atoms with Crippen molar-refractivity contribution < 1.29 is 9.13 Å². The number of hydrogen-bond donors (Lipinski definition) is 1. The van der Waals surface area contributed by atoms with E-state index < -0.39 is 5.82 Å². The van der Waals surface area contributed by atoms with Gasteiger partial charge in [0, 0.05) is 5.56 Å². The average molecular weight is 303 g/mol. The van der Waals surface area contributed by atoms with Gasteiger partial charge in [-0.15, -0.1) is 0 Å². The van der Waals surface area contributed by atoms with E-state index in [1.807, 2.05) is 19.1 Å². The quantitative estimate of drug-likeness (QED) is 0.833. The Morgan fingerprint density at radius 1 is 1.14 bits per heavy atom. The van der Waals surface area contributed by atoms with Gasteiger partial charge in [0.25, 0.3) is 0 Å². The van der Waals surface area contributed by atoms with Crippen molar-refractivity contribution in [3.05, 3.63) is 58.9 Å². The summed E-state index contributed by atoms with van der Waals surface area (Å²) in [5, 5.41) is 0. The van der Waals surface area contributed by atoms with Crippen molar-refractivity contribution in [1.29, 1.82) is 0 Å². The maximum Gasteiger partial charge on any atom is 0.166 e. The standard InChI is InChI=1S/C17H18FNOS/c1-10(2)12-5-4-11(3)16(9-12)20-15-7-6-13(17(19)21)8-14(15)18/h4-10H,1-3H3,(H2,19,21). The molecule has 0 radical (unpaired) electrons. The van der Waals surface area contributed by atoms with Gasteiger partial charge < -0.3 is 10.5 Å². The second-order valence-electron chi connectivity index (χ2n) is 5.29. The highest BCUT2D eigenvalue weighted by atomic mass is 32.1. The molecule has 2 rings (SSSR count). The first-order valence-corrected chi connectivity index (χ1v) is 7.17. The second kappa shape index (κ2) is 6.22. The van der Waals surface area contributed by atoms with Crippen LogP contribution in [0.5, 0.6) is 11.5 Å². The van der Waals surface area contributed by atoms with Crippen molar-refractivity contribution in [3.8, 4) is 11.5 Å². The van der Waals surface area contributed by atoms with Crippen LogP contribution in [0.15, 0.2) is 36.4 Å². The molecule has 0 bridgehead atoms. The van der Waals surface area contributed by atoms with Gasteiger partial charge >= 0.3 is 0 Å². The van der Waals surface area contributed by atoms with Crippen LogP contribution in [-0.4, -0.2) is 4.99 Å². The Balaban J connectivity index is 2.34. The normalized spacial score (nSPS) is 10.7. The first kappa shape index (κ1) is 15.4. The van der Waals surface area contributed by atoms with Crippen LogP contribution < -0.4 is 10.5 Å². The smallest absolute Gasteiger partial charge is 0.166 e. The lowest BCUT2D eigenvalue weighted by Crippen LogP contribution is -2.09. The summed E-state index contributed by atoms with van der Waals surface area (Å²) < 4.78 is 19.8. The summed E-state index contributed by atoms with van der Waals surface area (Å²) in [5.74, 6) is 0.728. The summed E-state index contributed by atoms with van der Waals surface area (Å²) in [7, 11) is 0. The largest absolute Gasteiger partial charge is 0.454 e. The molecule has 0 fully saturated rings. The van der Waals surface area contributed by atoms with Crippen LogP contribution in [0.4, 0.5) is 4.39 Å². The molecule has 4 heteroatoms. The molecule has 0 aliphatic carbocycles. The lowest BCUT2D eigenvalue weighted by atomic mass is 10.0.